The summed E-state index contributed by atoms with van der Waals surface area (Å²) < 4.78 is 31.4. The second kappa shape index (κ2) is 6.56. The summed E-state index contributed by atoms with van der Waals surface area (Å²) in [4.78, 5) is 0.223. The lowest BCUT2D eigenvalue weighted by molar-refractivity contribution is 0.234. The van der Waals surface area contributed by atoms with E-state index < -0.39 is 10.0 Å². The Morgan fingerprint density at radius 2 is 2.05 bits per heavy atom. The molecule has 1 N–H and O–H groups in total. The molecule has 1 aromatic carbocycles. The van der Waals surface area contributed by atoms with Gasteiger partial charge in [-0.15, -0.1) is 0 Å². The second-order valence-corrected chi connectivity index (χ2v) is 7.31. The number of nitrogens with one attached hydrogen (secondary N) is 1. The van der Waals surface area contributed by atoms with Crippen LogP contribution in [0.25, 0.3) is 0 Å². The SMILES string of the molecule is CN(C)S(=O)(=O)c1ccccc1OCC1CCCCN1. The molecule has 1 aliphatic rings. The molecule has 1 saturated heterocycles. The van der Waals surface area contributed by atoms with Gasteiger partial charge in [0.2, 0.25) is 10.0 Å². The van der Waals surface area contributed by atoms with E-state index in [1.807, 2.05) is 0 Å². The molecule has 2 rings (SSSR count). The van der Waals surface area contributed by atoms with Gasteiger partial charge in [-0.1, -0.05) is 18.6 Å². The Bertz CT molecular complexity index is 537. The van der Waals surface area contributed by atoms with Crippen molar-refractivity contribution in [1.82, 2.24) is 9.62 Å². The van der Waals surface area contributed by atoms with E-state index in [9.17, 15) is 8.42 Å². The van der Waals surface area contributed by atoms with Crippen molar-refractivity contribution >= 4 is 10.0 Å². The van der Waals surface area contributed by atoms with E-state index in [1.54, 1.807) is 24.3 Å². The summed E-state index contributed by atoms with van der Waals surface area (Å²) in [6.07, 6.45) is 3.46. The van der Waals surface area contributed by atoms with Crippen molar-refractivity contribution in [3.63, 3.8) is 0 Å². The highest BCUT2D eigenvalue weighted by molar-refractivity contribution is 7.89. The molecule has 0 aromatic heterocycles. The largest absolute Gasteiger partial charge is 0.491 e. The zero-order chi connectivity index (χ0) is 14.6. The van der Waals surface area contributed by atoms with Crippen LogP contribution < -0.4 is 10.1 Å². The first-order valence-electron chi connectivity index (χ1n) is 6.89. The molecule has 0 aliphatic carbocycles. The number of piperidine rings is 1. The Hall–Kier alpha value is -1.11. The van der Waals surface area contributed by atoms with Gasteiger partial charge in [0.05, 0.1) is 0 Å². The van der Waals surface area contributed by atoms with E-state index in [4.69, 9.17) is 4.74 Å². The van der Waals surface area contributed by atoms with E-state index in [2.05, 4.69) is 5.32 Å². The highest BCUT2D eigenvalue weighted by Gasteiger charge is 2.22. The number of hydrogen-bond acceptors (Lipinski definition) is 4. The fraction of sp³-hybridized carbons (Fsp3) is 0.571. The molecule has 1 aliphatic heterocycles. The fourth-order valence-electron chi connectivity index (χ4n) is 2.24. The molecule has 0 radical (unpaired) electrons. The highest BCUT2D eigenvalue weighted by atomic mass is 32.2. The molecular formula is C14H22N2O3S. The molecular weight excluding hydrogens is 276 g/mol. The summed E-state index contributed by atoms with van der Waals surface area (Å²) in [6, 6.07) is 7.09. The van der Waals surface area contributed by atoms with Crippen LogP contribution in [0.4, 0.5) is 0 Å². The Balaban J connectivity index is 2.12. The third-order valence-corrected chi connectivity index (χ3v) is 5.31. The van der Waals surface area contributed by atoms with Gasteiger partial charge in [0, 0.05) is 20.1 Å². The Labute approximate surface area is 121 Å². The number of benzene rings is 1. The number of sulfonamides is 1. The van der Waals surface area contributed by atoms with Crippen LogP contribution in [0.5, 0.6) is 5.75 Å². The molecule has 0 bridgehead atoms. The Kier molecular flexibility index (Phi) is 5.01. The van der Waals surface area contributed by atoms with Gasteiger partial charge in [-0.05, 0) is 31.5 Å². The van der Waals surface area contributed by atoms with Gasteiger partial charge >= 0.3 is 0 Å². The standard InChI is InChI=1S/C14H22N2O3S/c1-16(2)20(17,18)14-9-4-3-8-13(14)19-11-12-7-5-6-10-15-12/h3-4,8-9,12,15H,5-7,10-11H2,1-2H3. The molecule has 1 atom stereocenters. The van der Waals surface area contributed by atoms with Crippen molar-refractivity contribution in [1.29, 1.82) is 0 Å². The van der Waals surface area contributed by atoms with Gasteiger partial charge < -0.3 is 10.1 Å². The average molecular weight is 298 g/mol. The van der Waals surface area contributed by atoms with Gasteiger partial charge in [0.15, 0.2) is 0 Å². The number of nitrogens with zero attached hydrogens (tertiary/aromatic N) is 1. The normalized spacial score (nSPS) is 20.1. The monoisotopic (exact) mass is 298 g/mol. The lowest BCUT2D eigenvalue weighted by Crippen LogP contribution is -2.38. The smallest absolute Gasteiger partial charge is 0.246 e. The average Bonchev–Trinajstić information content (AvgIpc) is 2.46. The lowest BCUT2D eigenvalue weighted by Gasteiger charge is -2.24. The van der Waals surface area contributed by atoms with Gasteiger partial charge in [0.1, 0.15) is 17.3 Å². The predicted molar refractivity (Wildman–Crippen MR) is 78.5 cm³/mol. The first kappa shape index (κ1) is 15.3. The van der Waals surface area contributed by atoms with E-state index in [0.29, 0.717) is 18.4 Å². The topological polar surface area (TPSA) is 58.6 Å². The molecule has 0 spiro atoms. The van der Waals surface area contributed by atoms with Gasteiger partial charge in [-0.25, -0.2) is 12.7 Å². The summed E-state index contributed by atoms with van der Waals surface area (Å²) in [5.74, 6) is 0.425. The van der Waals surface area contributed by atoms with Crippen LogP contribution in [0, 0.1) is 0 Å². The van der Waals surface area contributed by atoms with E-state index >= 15 is 0 Å². The lowest BCUT2D eigenvalue weighted by atomic mass is 10.1. The Morgan fingerprint density at radius 1 is 1.30 bits per heavy atom. The van der Waals surface area contributed by atoms with Crippen molar-refractivity contribution in [2.45, 2.75) is 30.2 Å². The van der Waals surface area contributed by atoms with Crippen LogP contribution in [-0.2, 0) is 10.0 Å². The second-order valence-electron chi connectivity index (χ2n) is 5.19. The molecule has 0 saturated carbocycles. The zero-order valence-corrected chi connectivity index (χ0v) is 12.8. The van der Waals surface area contributed by atoms with Crippen molar-refractivity contribution in [2.75, 3.05) is 27.2 Å². The molecule has 5 nitrogen and oxygen atoms in total. The molecule has 112 valence electrons. The molecule has 1 fully saturated rings. The minimum Gasteiger partial charge on any atom is -0.491 e. The zero-order valence-electron chi connectivity index (χ0n) is 12.0. The molecule has 6 heteroatoms. The van der Waals surface area contributed by atoms with Crippen LogP contribution in [0.2, 0.25) is 0 Å². The minimum absolute atomic E-state index is 0.223. The van der Waals surface area contributed by atoms with Crippen LogP contribution in [0.1, 0.15) is 19.3 Å². The van der Waals surface area contributed by atoms with Crippen molar-refractivity contribution < 1.29 is 13.2 Å². The highest BCUT2D eigenvalue weighted by Crippen LogP contribution is 2.25. The Morgan fingerprint density at radius 3 is 2.70 bits per heavy atom. The van der Waals surface area contributed by atoms with Crippen LogP contribution in [0.15, 0.2) is 29.2 Å². The van der Waals surface area contributed by atoms with E-state index in [-0.39, 0.29) is 4.90 Å². The summed E-state index contributed by atoms with van der Waals surface area (Å²) in [7, 11) is -0.427. The van der Waals surface area contributed by atoms with Gasteiger partial charge in [0.25, 0.3) is 0 Å². The quantitative estimate of drug-likeness (QED) is 0.894. The summed E-state index contributed by atoms with van der Waals surface area (Å²) in [5.41, 5.74) is 0. The number of hydrogen-bond donors (Lipinski definition) is 1. The summed E-state index contributed by atoms with van der Waals surface area (Å²) in [6.45, 7) is 1.51. The molecule has 1 unspecified atom stereocenters. The predicted octanol–water partition coefficient (Wildman–Crippen LogP) is 1.46. The van der Waals surface area contributed by atoms with Crippen molar-refractivity contribution in [3.8, 4) is 5.75 Å². The van der Waals surface area contributed by atoms with E-state index in [0.717, 1.165) is 13.0 Å². The van der Waals surface area contributed by atoms with Crippen molar-refractivity contribution in [3.05, 3.63) is 24.3 Å². The molecule has 1 heterocycles. The number of para-hydroxylation sites is 1. The third kappa shape index (κ3) is 3.50. The maximum Gasteiger partial charge on any atom is 0.246 e. The number of ether oxygens (including phenoxy) is 1. The van der Waals surface area contributed by atoms with E-state index in [1.165, 1.54) is 31.2 Å². The third-order valence-electron chi connectivity index (χ3n) is 3.46. The first-order valence-corrected chi connectivity index (χ1v) is 8.33. The minimum atomic E-state index is -3.47. The first-order chi connectivity index (χ1) is 9.51. The summed E-state index contributed by atoms with van der Waals surface area (Å²) >= 11 is 0. The molecule has 1 aromatic rings. The number of rotatable bonds is 5. The maximum atomic E-state index is 12.2. The summed E-state index contributed by atoms with van der Waals surface area (Å²) in [5, 5.41) is 3.39. The van der Waals surface area contributed by atoms with Gasteiger partial charge in [-0.2, -0.15) is 0 Å². The maximum absolute atomic E-state index is 12.2. The van der Waals surface area contributed by atoms with Crippen LogP contribution >= 0.6 is 0 Å². The fourth-order valence-corrected chi connectivity index (χ4v) is 3.26. The van der Waals surface area contributed by atoms with Crippen LogP contribution in [0.3, 0.4) is 0 Å². The van der Waals surface area contributed by atoms with Gasteiger partial charge in [-0.3, -0.25) is 0 Å². The molecule has 0 amide bonds. The molecule has 20 heavy (non-hydrogen) atoms. The van der Waals surface area contributed by atoms with Crippen molar-refractivity contribution in [2.24, 2.45) is 0 Å². The van der Waals surface area contributed by atoms with Crippen LogP contribution in [-0.4, -0.2) is 46.0 Å².